The summed E-state index contributed by atoms with van der Waals surface area (Å²) in [7, 11) is 0. The minimum Gasteiger partial charge on any atom is -0.484 e. The molecule has 1 atom stereocenters. The first-order chi connectivity index (χ1) is 13.0. The Bertz CT molecular complexity index is 770. The summed E-state index contributed by atoms with van der Waals surface area (Å²) in [5, 5.41) is 8.25. The van der Waals surface area contributed by atoms with E-state index < -0.39 is 0 Å². The molecule has 1 saturated heterocycles. The fraction of sp³-hybridized carbons (Fsp3) is 0.550. The van der Waals surface area contributed by atoms with Crippen LogP contribution in [0.1, 0.15) is 49.6 Å². The van der Waals surface area contributed by atoms with Crippen molar-refractivity contribution in [2.75, 3.05) is 13.1 Å². The highest BCUT2D eigenvalue weighted by molar-refractivity contribution is 8.00. The first kappa shape index (κ1) is 19.7. The summed E-state index contributed by atoms with van der Waals surface area (Å²) in [5.41, 5.74) is 2.20. The number of hydrogen-bond donors (Lipinski definition) is 0. The van der Waals surface area contributed by atoms with Gasteiger partial charge in [0.15, 0.2) is 6.61 Å². The van der Waals surface area contributed by atoms with Gasteiger partial charge in [0.05, 0.1) is 5.25 Å². The third-order valence-corrected chi connectivity index (χ3v) is 5.61. The Balaban J connectivity index is 1.54. The average Bonchev–Trinajstić information content (AvgIpc) is 2.92. The summed E-state index contributed by atoms with van der Waals surface area (Å²) in [6.45, 7) is 7.84. The minimum absolute atomic E-state index is 0.147. The van der Waals surface area contributed by atoms with E-state index in [4.69, 9.17) is 9.15 Å². The van der Waals surface area contributed by atoms with Gasteiger partial charge < -0.3 is 14.1 Å². The molecule has 27 heavy (non-hydrogen) atoms. The zero-order valence-electron chi connectivity index (χ0n) is 16.2. The highest BCUT2D eigenvalue weighted by Gasteiger charge is 2.24. The number of rotatable bonds is 6. The van der Waals surface area contributed by atoms with Gasteiger partial charge in [-0.25, -0.2) is 0 Å². The summed E-state index contributed by atoms with van der Waals surface area (Å²) < 4.78 is 11.5. The van der Waals surface area contributed by atoms with Crippen molar-refractivity contribution in [2.24, 2.45) is 0 Å². The number of benzene rings is 1. The molecule has 3 rings (SSSR count). The molecule has 1 aromatic carbocycles. The van der Waals surface area contributed by atoms with Crippen LogP contribution in [0, 0.1) is 13.8 Å². The number of amides is 1. The second-order valence-corrected chi connectivity index (χ2v) is 8.31. The maximum atomic E-state index is 12.6. The molecule has 1 aliphatic rings. The van der Waals surface area contributed by atoms with Crippen molar-refractivity contribution < 1.29 is 13.9 Å². The van der Waals surface area contributed by atoms with E-state index >= 15 is 0 Å². The van der Waals surface area contributed by atoms with Crippen LogP contribution in [0.25, 0.3) is 0 Å². The van der Waals surface area contributed by atoms with Crippen LogP contribution in [0.2, 0.25) is 0 Å². The van der Waals surface area contributed by atoms with Gasteiger partial charge in [0.1, 0.15) is 5.75 Å². The third kappa shape index (κ3) is 5.48. The van der Waals surface area contributed by atoms with Crippen molar-refractivity contribution in [3.63, 3.8) is 0 Å². The summed E-state index contributed by atoms with van der Waals surface area (Å²) in [6.07, 6.45) is 4.59. The molecule has 0 aliphatic carbocycles. The number of carbonyl (C=O) groups is 1. The zero-order valence-corrected chi connectivity index (χ0v) is 17.1. The van der Waals surface area contributed by atoms with Gasteiger partial charge in [-0.15, -0.1) is 10.2 Å². The van der Waals surface area contributed by atoms with Crippen LogP contribution in [0.4, 0.5) is 0 Å². The predicted octanol–water partition coefficient (Wildman–Crippen LogP) is 4.15. The van der Waals surface area contributed by atoms with Gasteiger partial charge in [-0.2, -0.15) is 0 Å². The van der Waals surface area contributed by atoms with Crippen LogP contribution in [-0.4, -0.2) is 39.3 Å². The van der Waals surface area contributed by atoms with Crippen LogP contribution >= 0.6 is 11.8 Å². The molecule has 2 aromatic rings. The molecular formula is C20H27N3O3S. The average molecular weight is 390 g/mol. The lowest BCUT2D eigenvalue weighted by atomic mass is 10.1. The summed E-state index contributed by atoms with van der Waals surface area (Å²) in [6, 6.07) is 6.06. The van der Waals surface area contributed by atoms with E-state index in [2.05, 4.69) is 10.2 Å². The normalized spacial score (nSPS) is 16.0. The van der Waals surface area contributed by atoms with Crippen LogP contribution in [0.5, 0.6) is 5.75 Å². The van der Waals surface area contributed by atoms with E-state index in [1.54, 1.807) is 0 Å². The van der Waals surface area contributed by atoms with Crippen LogP contribution in [-0.2, 0) is 11.4 Å². The first-order valence-corrected chi connectivity index (χ1v) is 10.4. The van der Waals surface area contributed by atoms with Gasteiger partial charge in [-0.3, -0.25) is 4.79 Å². The minimum atomic E-state index is -0.240. The number of thioether (sulfide) groups is 1. The zero-order chi connectivity index (χ0) is 19.2. The molecule has 1 aliphatic heterocycles. The number of nitrogens with zero attached hydrogens (tertiary/aromatic N) is 3. The third-order valence-electron chi connectivity index (χ3n) is 4.69. The highest BCUT2D eigenvalue weighted by Crippen LogP contribution is 2.25. The van der Waals surface area contributed by atoms with Gasteiger partial charge in [0.25, 0.3) is 11.1 Å². The highest BCUT2D eigenvalue weighted by atomic mass is 32.2. The molecule has 7 heteroatoms. The molecule has 1 unspecified atom stereocenters. The Labute approximate surface area is 164 Å². The van der Waals surface area contributed by atoms with Gasteiger partial charge in [0.2, 0.25) is 5.91 Å². The standard InChI is InChI=1S/C20H27N3O3S/c1-14-8-9-15(2)17(12-14)25-13-18-21-22-20(26-18)27-16(3)19(24)23-10-6-4-5-7-11-23/h8-9,12,16H,4-7,10-11,13H2,1-3H3. The molecule has 1 amide bonds. The molecular weight excluding hydrogens is 362 g/mol. The van der Waals surface area contributed by atoms with E-state index in [-0.39, 0.29) is 17.8 Å². The van der Waals surface area contributed by atoms with E-state index in [1.807, 2.05) is 43.9 Å². The maximum absolute atomic E-state index is 12.6. The monoisotopic (exact) mass is 389 g/mol. The Morgan fingerprint density at radius 1 is 1.22 bits per heavy atom. The number of hydrogen-bond acceptors (Lipinski definition) is 6. The van der Waals surface area contributed by atoms with Crippen molar-refractivity contribution in [3.05, 3.63) is 35.2 Å². The van der Waals surface area contributed by atoms with E-state index in [0.29, 0.717) is 11.1 Å². The summed E-state index contributed by atoms with van der Waals surface area (Å²) >= 11 is 1.31. The fourth-order valence-corrected chi connectivity index (χ4v) is 3.88. The maximum Gasteiger partial charge on any atom is 0.277 e. The number of carbonyl (C=O) groups excluding carboxylic acids is 1. The van der Waals surface area contributed by atoms with Crippen LogP contribution in [0.3, 0.4) is 0 Å². The van der Waals surface area contributed by atoms with E-state index in [0.717, 1.165) is 42.8 Å². The van der Waals surface area contributed by atoms with Crippen LogP contribution in [0.15, 0.2) is 27.8 Å². The number of ether oxygens (including phenoxy) is 1. The van der Waals surface area contributed by atoms with Crippen molar-refractivity contribution >= 4 is 17.7 Å². The topological polar surface area (TPSA) is 68.5 Å². The van der Waals surface area contributed by atoms with Crippen molar-refractivity contribution in [2.45, 2.75) is 63.5 Å². The number of likely N-dealkylation sites (tertiary alicyclic amines) is 1. The lowest BCUT2D eigenvalue weighted by Crippen LogP contribution is -2.37. The van der Waals surface area contributed by atoms with Gasteiger partial charge >= 0.3 is 0 Å². The van der Waals surface area contributed by atoms with Crippen molar-refractivity contribution in [3.8, 4) is 5.75 Å². The Kier molecular flexibility index (Phi) is 6.77. The molecule has 2 heterocycles. The quantitative estimate of drug-likeness (QED) is 0.692. The van der Waals surface area contributed by atoms with Gasteiger partial charge in [-0.1, -0.05) is 36.7 Å². The molecule has 0 radical (unpaired) electrons. The fourth-order valence-electron chi connectivity index (χ4n) is 3.10. The van der Waals surface area contributed by atoms with E-state index in [9.17, 15) is 4.79 Å². The second-order valence-electron chi connectivity index (χ2n) is 7.02. The molecule has 0 N–H and O–H groups in total. The lowest BCUT2D eigenvalue weighted by Gasteiger charge is -2.23. The van der Waals surface area contributed by atoms with E-state index in [1.165, 1.54) is 24.6 Å². The lowest BCUT2D eigenvalue weighted by molar-refractivity contribution is -0.130. The summed E-state index contributed by atoms with van der Waals surface area (Å²) in [5.74, 6) is 1.37. The van der Waals surface area contributed by atoms with Crippen molar-refractivity contribution in [1.82, 2.24) is 15.1 Å². The smallest absolute Gasteiger partial charge is 0.277 e. The SMILES string of the molecule is Cc1ccc(C)c(OCc2nnc(SC(C)C(=O)N3CCCCCC3)o2)c1. The Hall–Kier alpha value is -2.02. The molecule has 0 bridgehead atoms. The number of aryl methyl sites for hydroxylation is 2. The molecule has 0 saturated carbocycles. The predicted molar refractivity (Wildman–Crippen MR) is 105 cm³/mol. The molecule has 0 spiro atoms. The second kappa shape index (κ2) is 9.26. The Morgan fingerprint density at radius 2 is 1.96 bits per heavy atom. The molecule has 6 nitrogen and oxygen atoms in total. The largest absolute Gasteiger partial charge is 0.484 e. The first-order valence-electron chi connectivity index (χ1n) is 9.51. The molecule has 146 valence electrons. The van der Waals surface area contributed by atoms with Crippen LogP contribution < -0.4 is 4.74 Å². The van der Waals surface area contributed by atoms with Crippen molar-refractivity contribution in [1.29, 1.82) is 0 Å². The molecule has 1 aromatic heterocycles. The molecule has 1 fully saturated rings. The summed E-state index contributed by atoms with van der Waals surface area (Å²) in [4.78, 5) is 14.6. The van der Waals surface area contributed by atoms with Gasteiger partial charge in [0, 0.05) is 13.1 Å². The number of aromatic nitrogens is 2. The Morgan fingerprint density at radius 3 is 2.70 bits per heavy atom. The van der Waals surface area contributed by atoms with Gasteiger partial charge in [-0.05, 0) is 50.8 Å².